The standard InChI is InChI=1S/C25H24O2/c1-2-21(15-9-12-20-10-5-3-6-11-20)25(26)27-24-18-16-23(17-19-24)22-13-7-4-8-14-22/h3-14,16-19,21H,2,15H2,1H3. The molecule has 3 rings (SSSR count). The molecule has 0 amide bonds. The van der Waals surface area contributed by atoms with Crippen molar-refractivity contribution in [2.24, 2.45) is 5.92 Å². The van der Waals surface area contributed by atoms with Gasteiger partial charge in [0, 0.05) is 0 Å². The Hall–Kier alpha value is -3.13. The lowest BCUT2D eigenvalue weighted by molar-refractivity contribution is -0.138. The van der Waals surface area contributed by atoms with Gasteiger partial charge in [0.25, 0.3) is 0 Å². The molecule has 0 fully saturated rings. The largest absolute Gasteiger partial charge is 0.426 e. The van der Waals surface area contributed by atoms with Gasteiger partial charge in [-0.05, 0) is 41.7 Å². The molecular formula is C25H24O2. The number of carbonyl (C=O) groups is 1. The van der Waals surface area contributed by atoms with Crippen molar-refractivity contribution in [3.63, 3.8) is 0 Å². The van der Waals surface area contributed by atoms with Crippen molar-refractivity contribution in [2.75, 3.05) is 0 Å². The van der Waals surface area contributed by atoms with Crippen LogP contribution in [0.2, 0.25) is 0 Å². The molecule has 0 aliphatic carbocycles. The van der Waals surface area contributed by atoms with Gasteiger partial charge in [-0.25, -0.2) is 0 Å². The molecule has 0 aromatic heterocycles. The van der Waals surface area contributed by atoms with Gasteiger partial charge in [-0.1, -0.05) is 91.9 Å². The fourth-order valence-electron chi connectivity index (χ4n) is 2.91. The van der Waals surface area contributed by atoms with Crippen molar-refractivity contribution in [3.8, 4) is 16.9 Å². The van der Waals surface area contributed by atoms with Crippen molar-refractivity contribution in [1.82, 2.24) is 0 Å². The molecule has 2 heteroatoms. The van der Waals surface area contributed by atoms with Gasteiger partial charge in [-0.3, -0.25) is 4.79 Å². The Morgan fingerprint density at radius 2 is 1.44 bits per heavy atom. The van der Waals surface area contributed by atoms with Crippen LogP contribution in [0.5, 0.6) is 5.75 Å². The first-order valence-corrected chi connectivity index (χ1v) is 9.35. The lowest BCUT2D eigenvalue weighted by atomic mass is 10.0. The van der Waals surface area contributed by atoms with E-state index in [1.165, 1.54) is 0 Å². The smallest absolute Gasteiger partial charge is 0.314 e. The molecule has 1 atom stereocenters. The molecule has 0 aliphatic heterocycles. The molecule has 0 aliphatic rings. The summed E-state index contributed by atoms with van der Waals surface area (Å²) in [6.07, 6.45) is 5.51. The van der Waals surface area contributed by atoms with Crippen LogP contribution >= 0.6 is 0 Å². The number of esters is 1. The van der Waals surface area contributed by atoms with E-state index < -0.39 is 0 Å². The van der Waals surface area contributed by atoms with E-state index in [-0.39, 0.29) is 11.9 Å². The Bertz CT molecular complexity index is 865. The van der Waals surface area contributed by atoms with Crippen molar-refractivity contribution >= 4 is 12.0 Å². The van der Waals surface area contributed by atoms with Gasteiger partial charge in [0.2, 0.25) is 0 Å². The summed E-state index contributed by atoms with van der Waals surface area (Å²) in [5.74, 6) is 0.270. The minimum atomic E-state index is -0.178. The van der Waals surface area contributed by atoms with Crippen molar-refractivity contribution in [3.05, 3.63) is 96.6 Å². The molecule has 3 aromatic carbocycles. The van der Waals surface area contributed by atoms with Crippen LogP contribution in [0.4, 0.5) is 0 Å². The molecule has 0 N–H and O–H groups in total. The summed E-state index contributed by atoms with van der Waals surface area (Å²) in [6.45, 7) is 2.01. The Morgan fingerprint density at radius 3 is 2.07 bits per heavy atom. The van der Waals surface area contributed by atoms with Crippen LogP contribution in [0.3, 0.4) is 0 Å². The SMILES string of the molecule is CCC(CC=Cc1ccccc1)C(=O)Oc1ccc(-c2ccccc2)cc1. The zero-order valence-electron chi connectivity index (χ0n) is 15.5. The van der Waals surface area contributed by atoms with Gasteiger partial charge >= 0.3 is 5.97 Å². The fraction of sp³-hybridized carbons (Fsp3) is 0.160. The van der Waals surface area contributed by atoms with E-state index in [1.807, 2.05) is 91.9 Å². The monoisotopic (exact) mass is 356 g/mol. The second-order valence-corrected chi connectivity index (χ2v) is 6.47. The molecule has 1 unspecified atom stereocenters. The third-order valence-corrected chi connectivity index (χ3v) is 4.54. The zero-order chi connectivity index (χ0) is 18.9. The molecular weight excluding hydrogens is 332 g/mol. The van der Waals surface area contributed by atoms with Crippen LogP contribution in [0.25, 0.3) is 17.2 Å². The van der Waals surface area contributed by atoms with E-state index >= 15 is 0 Å². The fourth-order valence-corrected chi connectivity index (χ4v) is 2.91. The van der Waals surface area contributed by atoms with E-state index in [0.29, 0.717) is 12.2 Å². The summed E-state index contributed by atoms with van der Waals surface area (Å²) in [5, 5.41) is 0. The van der Waals surface area contributed by atoms with Crippen LogP contribution in [0.15, 0.2) is 91.0 Å². The lowest BCUT2D eigenvalue weighted by Gasteiger charge is -2.12. The van der Waals surface area contributed by atoms with E-state index in [9.17, 15) is 4.79 Å². The minimum Gasteiger partial charge on any atom is -0.426 e. The maximum Gasteiger partial charge on any atom is 0.314 e. The maximum absolute atomic E-state index is 12.5. The molecule has 0 radical (unpaired) electrons. The van der Waals surface area contributed by atoms with E-state index in [4.69, 9.17) is 4.74 Å². The molecule has 2 nitrogen and oxygen atoms in total. The summed E-state index contributed by atoms with van der Waals surface area (Å²) >= 11 is 0. The molecule has 3 aromatic rings. The van der Waals surface area contributed by atoms with E-state index in [1.54, 1.807) is 0 Å². The number of ether oxygens (including phenoxy) is 1. The Kier molecular flexibility index (Phi) is 6.59. The first-order chi connectivity index (χ1) is 13.3. The molecule has 0 bridgehead atoms. The summed E-state index contributed by atoms with van der Waals surface area (Å²) in [6, 6.07) is 27.9. The van der Waals surface area contributed by atoms with Crippen LogP contribution in [0.1, 0.15) is 25.3 Å². The van der Waals surface area contributed by atoms with Crippen LogP contribution < -0.4 is 4.74 Å². The van der Waals surface area contributed by atoms with Crippen LogP contribution in [0, 0.1) is 5.92 Å². The summed E-state index contributed by atoms with van der Waals surface area (Å²) in [5.41, 5.74) is 3.39. The van der Waals surface area contributed by atoms with Gasteiger partial charge in [0.15, 0.2) is 0 Å². The van der Waals surface area contributed by atoms with Crippen molar-refractivity contribution < 1.29 is 9.53 Å². The lowest BCUT2D eigenvalue weighted by Crippen LogP contribution is -2.19. The topological polar surface area (TPSA) is 26.3 Å². The zero-order valence-corrected chi connectivity index (χ0v) is 15.5. The van der Waals surface area contributed by atoms with Crippen LogP contribution in [-0.4, -0.2) is 5.97 Å². The highest BCUT2D eigenvalue weighted by atomic mass is 16.5. The highest BCUT2D eigenvalue weighted by molar-refractivity contribution is 5.76. The second-order valence-electron chi connectivity index (χ2n) is 6.47. The van der Waals surface area contributed by atoms with E-state index in [0.717, 1.165) is 23.1 Å². The molecule has 136 valence electrons. The highest BCUT2D eigenvalue weighted by Gasteiger charge is 2.17. The normalized spacial score (nSPS) is 12.0. The number of benzene rings is 3. The van der Waals surface area contributed by atoms with Gasteiger partial charge in [0.05, 0.1) is 5.92 Å². The molecule has 0 spiro atoms. The number of hydrogen-bond acceptors (Lipinski definition) is 2. The summed E-state index contributed by atoms with van der Waals surface area (Å²) in [4.78, 5) is 12.5. The minimum absolute atomic E-state index is 0.140. The number of rotatable bonds is 7. The number of allylic oxidation sites excluding steroid dienone is 1. The highest BCUT2D eigenvalue weighted by Crippen LogP contribution is 2.23. The van der Waals surface area contributed by atoms with E-state index in [2.05, 4.69) is 12.1 Å². The van der Waals surface area contributed by atoms with Gasteiger partial charge < -0.3 is 4.74 Å². The summed E-state index contributed by atoms with van der Waals surface area (Å²) in [7, 11) is 0. The predicted octanol–water partition coefficient (Wildman–Crippen LogP) is 6.39. The Morgan fingerprint density at radius 1 is 0.852 bits per heavy atom. The number of carbonyl (C=O) groups excluding carboxylic acids is 1. The predicted molar refractivity (Wildman–Crippen MR) is 111 cm³/mol. The average Bonchev–Trinajstić information content (AvgIpc) is 2.73. The van der Waals surface area contributed by atoms with Gasteiger partial charge in [-0.15, -0.1) is 0 Å². The van der Waals surface area contributed by atoms with Crippen molar-refractivity contribution in [2.45, 2.75) is 19.8 Å². The molecule has 27 heavy (non-hydrogen) atoms. The molecule has 0 saturated carbocycles. The quantitative estimate of drug-likeness (QED) is 0.362. The van der Waals surface area contributed by atoms with Gasteiger partial charge in [-0.2, -0.15) is 0 Å². The van der Waals surface area contributed by atoms with Gasteiger partial charge in [0.1, 0.15) is 5.75 Å². The first kappa shape index (κ1) is 18.7. The average molecular weight is 356 g/mol. The number of hydrogen-bond donors (Lipinski definition) is 0. The van der Waals surface area contributed by atoms with Crippen molar-refractivity contribution in [1.29, 1.82) is 0 Å². The Balaban J connectivity index is 1.58. The first-order valence-electron chi connectivity index (χ1n) is 9.35. The van der Waals surface area contributed by atoms with Crippen LogP contribution in [-0.2, 0) is 4.79 Å². The third-order valence-electron chi connectivity index (χ3n) is 4.54. The Labute approximate surface area is 161 Å². The third kappa shape index (κ3) is 5.42. The molecule has 0 heterocycles. The maximum atomic E-state index is 12.5. The second kappa shape index (κ2) is 9.54. The summed E-state index contributed by atoms with van der Waals surface area (Å²) < 4.78 is 5.59. The molecule has 0 saturated heterocycles.